The molecule has 0 fully saturated rings. The van der Waals surface area contributed by atoms with Crippen LogP contribution in [0.4, 0.5) is 0 Å². The Labute approximate surface area is 125 Å². The molecule has 106 valence electrons. The van der Waals surface area contributed by atoms with Crippen LogP contribution >= 0.6 is 11.8 Å². The predicted molar refractivity (Wildman–Crippen MR) is 81.1 cm³/mol. The summed E-state index contributed by atoms with van der Waals surface area (Å²) in [6.45, 7) is 0. The van der Waals surface area contributed by atoms with Gasteiger partial charge in [-0.1, -0.05) is 12.1 Å². The second-order valence-electron chi connectivity index (χ2n) is 4.38. The number of aromatic amines is 1. The van der Waals surface area contributed by atoms with E-state index >= 15 is 0 Å². The summed E-state index contributed by atoms with van der Waals surface area (Å²) in [6, 6.07) is 7.56. The van der Waals surface area contributed by atoms with Crippen molar-refractivity contribution >= 4 is 28.7 Å². The molecule has 0 bridgehead atoms. The molecule has 2 heterocycles. The van der Waals surface area contributed by atoms with Gasteiger partial charge in [0.15, 0.2) is 5.65 Å². The summed E-state index contributed by atoms with van der Waals surface area (Å²) in [5.74, 6) is 0.642. The number of benzene rings is 1. The first-order chi connectivity index (χ1) is 10.3. The number of rotatable bonds is 4. The van der Waals surface area contributed by atoms with Gasteiger partial charge >= 0.3 is 0 Å². The number of fused-ring (bicyclic) bond motifs is 1. The zero-order valence-electron chi connectivity index (χ0n) is 11.3. The van der Waals surface area contributed by atoms with E-state index in [9.17, 15) is 4.79 Å². The van der Waals surface area contributed by atoms with E-state index in [0.717, 1.165) is 27.4 Å². The fourth-order valence-corrected chi connectivity index (χ4v) is 2.87. The van der Waals surface area contributed by atoms with Gasteiger partial charge in [-0.2, -0.15) is 5.10 Å². The first-order valence-corrected chi connectivity index (χ1v) is 7.34. The van der Waals surface area contributed by atoms with E-state index < -0.39 is 0 Å². The van der Waals surface area contributed by atoms with Crippen molar-refractivity contribution in [3.63, 3.8) is 0 Å². The molecule has 2 aromatic heterocycles. The van der Waals surface area contributed by atoms with Gasteiger partial charge in [0.1, 0.15) is 11.4 Å². The highest BCUT2D eigenvalue weighted by molar-refractivity contribution is 7.98. The molecular weight excluding hydrogens is 286 g/mol. The maximum Gasteiger partial charge on any atom is 0.251 e. The van der Waals surface area contributed by atoms with Gasteiger partial charge in [0, 0.05) is 18.4 Å². The van der Waals surface area contributed by atoms with Gasteiger partial charge in [-0.15, -0.1) is 11.8 Å². The highest BCUT2D eigenvalue weighted by atomic mass is 32.2. The van der Waals surface area contributed by atoms with Crippen molar-refractivity contribution in [2.75, 3.05) is 7.05 Å². The zero-order valence-corrected chi connectivity index (χ0v) is 12.1. The van der Waals surface area contributed by atoms with Crippen molar-refractivity contribution in [1.82, 2.24) is 25.5 Å². The summed E-state index contributed by atoms with van der Waals surface area (Å²) in [5, 5.41) is 11.2. The van der Waals surface area contributed by atoms with Crippen molar-refractivity contribution in [2.45, 2.75) is 10.8 Å². The largest absolute Gasteiger partial charge is 0.355 e. The fraction of sp³-hybridized carbons (Fsp3) is 0.143. The number of carbonyl (C=O) groups is 1. The number of H-pyrrole nitrogens is 1. The topological polar surface area (TPSA) is 83.6 Å². The number of hydrogen-bond acceptors (Lipinski definition) is 5. The number of nitrogens with zero attached hydrogens (tertiary/aromatic N) is 3. The zero-order chi connectivity index (χ0) is 14.7. The summed E-state index contributed by atoms with van der Waals surface area (Å²) >= 11 is 1.59. The molecule has 7 heteroatoms. The Kier molecular flexibility index (Phi) is 3.83. The molecule has 21 heavy (non-hydrogen) atoms. The Hall–Kier alpha value is -2.41. The number of aromatic nitrogens is 4. The summed E-state index contributed by atoms with van der Waals surface area (Å²) in [6.07, 6.45) is 3.24. The lowest BCUT2D eigenvalue weighted by atomic mass is 10.1. The second kappa shape index (κ2) is 5.92. The van der Waals surface area contributed by atoms with Crippen LogP contribution in [0.5, 0.6) is 0 Å². The summed E-state index contributed by atoms with van der Waals surface area (Å²) in [7, 11) is 1.63. The highest BCUT2D eigenvalue weighted by Crippen LogP contribution is 2.26. The third-order valence-corrected chi connectivity index (χ3v) is 4.08. The van der Waals surface area contributed by atoms with Gasteiger partial charge in [-0.25, -0.2) is 9.97 Å². The predicted octanol–water partition coefficient (Wildman–Crippen LogP) is 2.00. The monoisotopic (exact) mass is 299 g/mol. The molecule has 0 aliphatic carbocycles. The van der Waals surface area contributed by atoms with Crippen molar-refractivity contribution in [2.24, 2.45) is 0 Å². The minimum Gasteiger partial charge on any atom is -0.355 e. The van der Waals surface area contributed by atoms with Gasteiger partial charge in [-0.05, 0) is 17.7 Å². The molecule has 6 nitrogen and oxygen atoms in total. The molecule has 0 unspecified atom stereocenters. The van der Waals surface area contributed by atoms with E-state index in [1.54, 1.807) is 31.1 Å². The molecule has 1 amide bonds. The minimum absolute atomic E-state index is 0.0823. The Balaban J connectivity index is 1.79. The maximum absolute atomic E-state index is 11.6. The van der Waals surface area contributed by atoms with Crippen molar-refractivity contribution in [3.05, 3.63) is 47.9 Å². The van der Waals surface area contributed by atoms with E-state index in [1.165, 1.54) is 6.33 Å². The van der Waals surface area contributed by atoms with Crippen LogP contribution in [0.25, 0.3) is 11.0 Å². The average Bonchev–Trinajstić information content (AvgIpc) is 3.01. The first kappa shape index (κ1) is 13.6. The van der Waals surface area contributed by atoms with Gasteiger partial charge in [0.25, 0.3) is 5.91 Å². The molecular formula is C14H13N5OS. The van der Waals surface area contributed by atoms with E-state index in [1.807, 2.05) is 18.2 Å². The summed E-state index contributed by atoms with van der Waals surface area (Å²) in [4.78, 5) is 20.0. The van der Waals surface area contributed by atoms with E-state index in [4.69, 9.17) is 0 Å². The average molecular weight is 299 g/mol. The quantitative estimate of drug-likeness (QED) is 0.568. The van der Waals surface area contributed by atoms with Gasteiger partial charge in [-0.3, -0.25) is 9.89 Å². The van der Waals surface area contributed by atoms with Crippen LogP contribution < -0.4 is 5.32 Å². The number of amides is 1. The second-order valence-corrected chi connectivity index (χ2v) is 5.34. The molecule has 0 aliphatic heterocycles. The maximum atomic E-state index is 11.6. The number of thioether (sulfide) groups is 1. The lowest BCUT2D eigenvalue weighted by molar-refractivity contribution is 0.0963. The molecule has 0 spiro atoms. The number of carbonyl (C=O) groups excluding carboxylic acids is 1. The molecule has 0 aliphatic rings. The smallest absolute Gasteiger partial charge is 0.251 e. The Morgan fingerprint density at radius 2 is 2.29 bits per heavy atom. The van der Waals surface area contributed by atoms with Gasteiger partial charge in [0.2, 0.25) is 0 Å². The molecule has 3 rings (SSSR count). The molecule has 0 saturated carbocycles. The number of hydrogen-bond donors (Lipinski definition) is 2. The SMILES string of the molecule is CNC(=O)c1cccc(CSc2ncnc3[nH]ncc23)c1. The molecule has 0 radical (unpaired) electrons. The van der Waals surface area contributed by atoms with Crippen LogP contribution in [-0.2, 0) is 5.75 Å². The van der Waals surface area contributed by atoms with Crippen LogP contribution in [0.15, 0.2) is 41.8 Å². The molecule has 0 saturated heterocycles. The van der Waals surface area contributed by atoms with Crippen molar-refractivity contribution in [1.29, 1.82) is 0 Å². The van der Waals surface area contributed by atoms with Crippen molar-refractivity contribution < 1.29 is 4.79 Å². The normalized spacial score (nSPS) is 10.7. The lowest BCUT2D eigenvalue weighted by Gasteiger charge is -2.04. The van der Waals surface area contributed by atoms with Gasteiger partial charge in [0.05, 0.1) is 11.6 Å². The molecule has 0 atom stereocenters. The van der Waals surface area contributed by atoms with Crippen molar-refractivity contribution in [3.8, 4) is 0 Å². The van der Waals surface area contributed by atoms with E-state index in [-0.39, 0.29) is 5.91 Å². The van der Waals surface area contributed by atoms with Crippen LogP contribution in [0.2, 0.25) is 0 Å². The van der Waals surface area contributed by atoms with Crippen LogP contribution in [0.3, 0.4) is 0 Å². The molecule has 1 aromatic carbocycles. The Bertz CT molecular complexity index is 786. The van der Waals surface area contributed by atoms with Crippen LogP contribution in [-0.4, -0.2) is 33.1 Å². The Morgan fingerprint density at radius 3 is 3.14 bits per heavy atom. The van der Waals surface area contributed by atoms with Crippen LogP contribution in [0.1, 0.15) is 15.9 Å². The molecule has 3 aromatic rings. The summed E-state index contributed by atoms with van der Waals surface area (Å²) < 4.78 is 0. The van der Waals surface area contributed by atoms with E-state index in [2.05, 4.69) is 25.5 Å². The Morgan fingerprint density at radius 1 is 1.38 bits per heavy atom. The van der Waals surface area contributed by atoms with E-state index in [0.29, 0.717) is 5.56 Å². The molecule has 2 N–H and O–H groups in total. The fourth-order valence-electron chi connectivity index (χ4n) is 1.96. The first-order valence-electron chi connectivity index (χ1n) is 6.36. The third-order valence-electron chi connectivity index (χ3n) is 3.00. The minimum atomic E-state index is -0.0823. The third kappa shape index (κ3) is 2.87. The highest BCUT2D eigenvalue weighted by Gasteiger charge is 2.08. The van der Waals surface area contributed by atoms with Crippen LogP contribution in [0, 0.1) is 0 Å². The number of nitrogens with one attached hydrogen (secondary N) is 2. The summed E-state index contributed by atoms with van der Waals surface area (Å²) in [5.41, 5.74) is 2.45. The standard InChI is InChI=1S/C14H13N5OS/c1-15-13(20)10-4-2-3-9(5-10)7-21-14-11-6-18-19-12(11)16-8-17-14/h2-6,8H,7H2,1H3,(H,15,20)(H,16,17,18,19). The lowest BCUT2D eigenvalue weighted by Crippen LogP contribution is -2.17. The van der Waals surface area contributed by atoms with Gasteiger partial charge < -0.3 is 5.32 Å².